The number of ketones is 2. The maximum atomic E-state index is 14.3. The first-order valence-corrected chi connectivity index (χ1v) is 38.2. The summed E-state index contributed by atoms with van der Waals surface area (Å²) in [6, 6.07) is 67.5. The molecule has 0 saturated heterocycles. The third kappa shape index (κ3) is 27.8. The van der Waals surface area contributed by atoms with E-state index in [4.69, 9.17) is 61.3 Å². The van der Waals surface area contributed by atoms with Crippen LogP contribution in [-0.4, -0.2) is 101 Å². The molecule has 0 unspecified atom stereocenters. The van der Waals surface area contributed by atoms with Crippen molar-refractivity contribution in [3.8, 4) is 63.0 Å². The minimum atomic E-state index is -0.821. The number of fused-ring (bicyclic) bond motifs is 2. The number of nitrogens with two attached hydrogens (primary N) is 3. The maximum absolute atomic E-state index is 14.3. The summed E-state index contributed by atoms with van der Waals surface area (Å²) < 4.78 is 58.4. The molecule has 622 valence electrons. The summed E-state index contributed by atoms with van der Waals surface area (Å²) >= 11 is 0. The fourth-order valence-corrected chi connectivity index (χ4v) is 12.2. The van der Waals surface area contributed by atoms with Gasteiger partial charge in [0.1, 0.15) is 29.6 Å². The summed E-state index contributed by atoms with van der Waals surface area (Å²) in [6.45, 7) is 15.7. The number of benzene rings is 8. The molecular formula is C92H94F2LiN11O15. The Morgan fingerprint density at radius 1 is 0.455 bits per heavy atom. The number of nitrogens with one attached hydrogen (secondary N) is 1. The number of aromatic nitrogens is 5. The average Bonchev–Trinajstić information content (AvgIpc) is 1.65. The smallest absolute Gasteiger partial charge is 0.870 e. The topological polar surface area (TPSA) is 422 Å². The second kappa shape index (κ2) is 47.4. The largest absolute Gasteiger partial charge is 1.00 e. The van der Waals surface area contributed by atoms with Crippen LogP contribution >= 0.6 is 0 Å². The molecule has 0 bridgehead atoms. The van der Waals surface area contributed by atoms with Crippen molar-refractivity contribution in [2.75, 3.05) is 37.0 Å². The van der Waals surface area contributed by atoms with Crippen molar-refractivity contribution in [2.24, 2.45) is 0 Å². The van der Waals surface area contributed by atoms with Gasteiger partial charge in [0.2, 0.25) is 5.91 Å². The number of carbonyl (C=O) groups is 7. The van der Waals surface area contributed by atoms with E-state index >= 15 is 0 Å². The number of aryl methyl sites for hydroxylation is 7. The maximum Gasteiger partial charge on any atom is 1.00 e. The van der Waals surface area contributed by atoms with Crippen molar-refractivity contribution in [2.45, 2.75) is 120 Å². The van der Waals surface area contributed by atoms with E-state index in [2.05, 4.69) is 81.0 Å². The van der Waals surface area contributed by atoms with Crippen molar-refractivity contribution in [1.82, 2.24) is 29.5 Å². The van der Waals surface area contributed by atoms with Gasteiger partial charge >= 0.3 is 42.7 Å². The Labute approximate surface area is 710 Å². The molecule has 26 nitrogen and oxygen atoms in total. The summed E-state index contributed by atoms with van der Waals surface area (Å²) in [5, 5.41) is 43.1. The second-order valence-corrected chi connectivity index (χ2v) is 27.2. The molecule has 0 fully saturated rings. The Kier molecular flexibility index (Phi) is 37.5. The van der Waals surface area contributed by atoms with Crippen LogP contribution < -0.4 is 41.5 Å². The van der Waals surface area contributed by atoms with Crippen LogP contribution in [0.1, 0.15) is 133 Å². The summed E-state index contributed by atoms with van der Waals surface area (Å²) in [6.07, 6.45) is 2.68. The molecule has 5 aromatic heterocycles. The Bertz CT molecular complexity index is 5760. The first-order valence-electron chi connectivity index (χ1n) is 38.2. The van der Waals surface area contributed by atoms with Crippen LogP contribution in [0.25, 0.3) is 72.8 Å². The number of hydrogen-bond donors (Lipinski definition) is 6. The van der Waals surface area contributed by atoms with E-state index in [-0.39, 0.29) is 103 Å². The van der Waals surface area contributed by atoms with Crippen LogP contribution in [0.3, 0.4) is 0 Å². The summed E-state index contributed by atoms with van der Waals surface area (Å²) in [5.74, 6) is -2.63. The minimum absolute atomic E-state index is 0. The van der Waals surface area contributed by atoms with Crippen LogP contribution in [0.15, 0.2) is 215 Å². The number of carboxylic acid groups (broad SMARTS) is 1. The van der Waals surface area contributed by atoms with Crippen LogP contribution in [0.5, 0.6) is 0 Å². The third-order valence-corrected chi connectivity index (χ3v) is 18.3. The fourth-order valence-electron chi connectivity index (χ4n) is 12.2. The number of nitrogens with zero attached hydrogens (tertiary/aromatic N) is 7. The molecule has 8 aromatic carbocycles. The first kappa shape index (κ1) is 95.8. The molecule has 13 rings (SSSR count). The van der Waals surface area contributed by atoms with E-state index < -0.39 is 23.5 Å². The SMILES string of the molecule is CC(=O)NO.CCOC(=O)CCC(=O)CCC(=O)c1ccc(C)cc1.CCOC(=O)CCc1ccc(-c2ccc(C)cc2)n1-c1ccc(C#N)c(F)c1.CCOC(=O)CCc1ccc(-c2ccc(C)cc2)n1-c1ccc2c(N)noc2c1.Cc1ccc(-c2ccc(CCC(=O)O)n2-c2ccc3c(N)noc3c2)cc1.N#Cc1ccc(N)cc1F.[Li+].[OH-]. The predicted octanol–water partition coefficient (Wildman–Crippen LogP) is 14.3. The third-order valence-electron chi connectivity index (χ3n) is 18.3. The van der Waals surface area contributed by atoms with Gasteiger partial charge in [0, 0.05) is 83.7 Å². The number of Topliss-reactive ketones (excluding diaryl/α,β-unsaturated/α-hetero) is 2. The predicted molar refractivity (Wildman–Crippen MR) is 451 cm³/mol. The molecule has 29 heteroatoms. The monoisotopic (exact) mass is 1640 g/mol. The number of ether oxygens (including phenoxy) is 3. The van der Waals surface area contributed by atoms with Crippen LogP contribution in [0.2, 0.25) is 0 Å². The van der Waals surface area contributed by atoms with Crippen LogP contribution in [0, 0.1) is 62.0 Å². The zero-order valence-electron chi connectivity index (χ0n) is 68.7. The van der Waals surface area contributed by atoms with Crippen molar-refractivity contribution >= 4 is 80.6 Å². The molecule has 0 atom stereocenters. The van der Waals surface area contributed by atoms with Gasteiger partial charge in [-0.2, -0.15) is 10.5 Å². The molecule has 0 saturated carbocycles. The van der Waals surface area contributed by atoms with Gasteiger partial charge in [-0.15, -0.1) is 0 Å². The number of carboxylic acids is 1. The number of anilines is 3. The number of hydroxylamine groups is 1. The van der Waals surface area contributed by atoms with Gasteiger partial charge in [0.15, 0.2) is 28.6 Å². The van der Waals surface area contributed by atoms with E-state index in [0.29, 0.717) is 85.2 Å². The Morgan fingerprint density at radius 3 is 1.15 bits per heavy atom. The van der Waals surface area contributed by atoms with E-state index in [9.17, 15) is 42.3 Å². The number of rotatable bonds is 25. The second-order valence-electron chi connectivity index (χ2n) is 27.2. The normalized spacial score (nSPS) is 10.3. The molecule has 0 aliphatic carbocycles. The van der Waals surface area contributed by atoms with Gasteiger partial charge in [-0.25, -0.2) is 14.3 Å². The Morgan fingerprint density at radius 2 is 0.793 bits per heavy atom. The van der Waals surface area contributed by atoms with E-state index in [1.54, 1.807) is 38.1 Å². The number of amides is 1. The fraction of sp³-hybridized carbons (Fsp3) is 0.228. The summed E-state index contributed by atoms with van der Waals surface area (Å²) in [4.78, 5) is 78.7. The standard InChI is InChI=1S/C23H21FN2O2.C23H23N3O3.C21H19N3O3.C16H20O4.C7H5FN2.C2H5NO2.Li.H2O/c1-3-28-23(27)13-11-19-10-12-22(17-6-4-16(2)5-7-17)26(19)20-9-8-18(15-25)21(24)14-20;1-3-28-22(27)13-10-17-9-12-20(16-6-4-15(2)5-7-16)26(17)18-8-11-19-21(14-18)29-25-23(19)24;1-13-2-4-14(5-3-13)18-10-7-15(8-11-20(25)26)24(18)16-6-9-17-19(12-16)27-23-21(17)22;1-3-20-16(19)11-9-14(17)8-10-15(18)13-6-4-12(2)5-7-13;8-7-3-6(10)2-1-5(7)4-9;1-2(4)3-5;;/h4-10,12,14H,3,11,13H2,1-2H3;4-9,11-12,14H,3,10,13H2,1-2H3,(H2,24,25);2-7,9-10,12H,8,11H2,1H3,(H2,22,23)(H,25,26);4-7H,3,8-11H2,1-2H3;1-3H,10H2;5H,1H3,(H,3,4);;1H2/q;;;;;;+1;/p-1. The van der Waals surface area contributed by atoms with Crippen LogP contribution in [-0.2, 0) is 62.2 Å². The van der Waals surface area contributed by atoms with Crippen molar-refractivity contribution < 1.29 is 100 Å². The number of nitriles is 2. The molecule has 0 aliphatic rings. The quantitative estimate of drug-likeness (QED) is 0.00588. The van der Waals surface area contributed by atoms with Crippen LogP contribution in [0.4, 0.5) is 26.1 Å². The zero-order chi connectivity index (χ0) is 86.2. The molecule has 1 amide bonds. The number of esters is 3. The van der Waals surface area contributed by atoms with E-state index in [0.717, 1.165) is 90.2 Å². The Hall–Kier alpha value is -14.0. The van der Waals surface area contributed by atoms with Gasteiger partial charge in [-0.1, -0.05) is 130 Å². The minimum Gasteiger partial charge on any atom is -0.870 e. The van der Waals surface area contributed by atoms with Crippen molar-refractivity contribution in [3.05, 3.63) is 274 Å². The molecule has 0 spiro atoms. The Balaban J connectivity index is 0.000000236. The number of carbonyl (C=O) groups excluding carboxylic acids is 6. The number of aliphatic carboxylic acids is 1. The van der Waals surface area contributed by atoms with Gasteiger partial charge < -0.3 is 64.7 Å². The summed E-state index contributed by atoms with van der Waals surface area (Å²) in [7, 11) is 0. The van der Waals surface area contributed by atoms with Gasteiger partial charge in [-0.3, -0.25) is 38.8 Å². The molecule has 10 N–H and O–H groups in total. The first-order chi connectivity index (χ1) is 57.1. The van der Waals surface area contributed by atoms with E-state index in [1.807, 2.05) is 141 Å². The van der Waals surface area contributed by atoms with Gasteiger partial charge in [-0.05, 0) is 181 Å². The van der Waals surface area contributed by atoms with Crippen molar-refractivity contribution in [3.63, 3.8) is 0 Å². The zero-order valence-corrected chi connectivity index (χ0v) is 68.7. The molecule has 0 aliphatic heterocycles. The molecule has 121 heavy (non-hydrogen) atoms. The van der Waals surface area contributed by atoms with E-state index in [1.165, 1.54) is 47.8 Å². The average molecular weight is 1640 g/mol. The molecule has 13 aromatic rings. The number of halogens is 2. The number of hydrogen-bond acceptors (Lipinski definition) is 21. The van der Waals surface area contributed by atoms with Gasteiger partial charge in [0.05, 0.1) is 84.5 Å². The molecule has 0 radical (unpaired) electrons. The van der Waals surface area contributed by atoms with Crippen molar-refractivity contribution in [1.29, 1.82) is 10.5 Å². The van der Waals surface area contributed by atoms with Gasteiger partial charge in [0.25, 0.3) is 0 Å². The molecule has 5 heterocycles. The molecular weight excluding hydrogens is 1540 g/mol. The number of nitrogen functional groups attached to an aromatic ring is 3. The summed E-state index contributed by atoms with van der Waals surface area (Å²) in [5.41, 5.74) is 36.4.